The molecule has 6 rings (SSSR count). The number of nitrogens with zero attached hydrogens (tertiary/aromatic N) is 3. The second-order valence-corrected chi connectivity index (χ2v) is 14.2. The van der Waals surface area contributed by atoms with E-state index in [0.29, 0.717) is 43.2 Å². The average Bonchev–Trinajstić information content (AvgIpc) is 3.40. The Balaban J connectivity index is 1.32. The third-order valence-corrected chi connectivity index (χ3v) is 10.9. The Morgan fingerprint density at radius 2 is 1.76 bits per heavy atom. The summed E-state index contributed by atoms with van der Waals surface area (Å²) in [6.45, 7) is 4.95. The Morgan fingerprint density at radius 1 is 1.16 bits per heavy atom. The molecule has 1 N–H and O–H groups in total. The lowest BCUT2D eigenvalue weighted by molar-refractivity contribution is -0.152. The molecule has 0 spiro atoms. The number of hydrogen-bond donors (Lipinski definition) is 1. The number of alkyl halides is 3. The van der Waals surface area contributed by atoms with Crippen molar-refractivity contribution in [3.8, 4) is 0 Å². The fourth-order valence-corrected chi connectivity index (χ4v) is 8.72. The highest BCUT2D eigenvalue weighted by molar-refractivity contribution is 7.86. The van der Waals surface area contributed by atoms with Crippen LogP contribution in [0.15, 0.2) is 29.3 Å². The first-order valence-electron chi connectivity index (χ1n) is 13.1. The van der Waals surface area contributed by atoms with E-state index in [1.54, 1.807) is 20.7 Å². The van der Waals surface area contributed by atoms with E-state index >= 15 is 0 Å². The minimum atomic E-state index is -4.29. The molecule has 5 aliphatic rings. The van der Waals surface area contributed by atoms with Gasteiger partial charge in [-0.1, -0.05) is 23.7 Å². The van der Waals surface area contributed by atoms with Crippen molar-refractivity contribution in [2.45, 2.75) is 95.1 Å². The molecule has 1 saturated heterocycles. The van der Waals surface area contributed by atoms with E-state index in [4.69, 9.17) is 16.6 Å². The van der Waals surface area contributed by atoms with Gasteiger partial charge in [-0.05, 0) is 70.1 Å². The van der Waals surface area contributed by atoms with Gasteiger partial charge in [0.2, 0.25) is 0 Å². The fraction of sp³-hybridized carbons (Fsp3) is 0.692. The van der Waals surface area contributed by atoms with Crippen LogP contribution in [0.3, 0.4) is 0 Å². The largest absolute Gasteiger partial charge is 0.389 e. The molecule has 1 aromatic carbocycles. The predicted molar refractivity (Wildman–Crippen MR) is 139 cm³/mol. The molecular weight excluding hydrogens is 541 g/mol. The maximum Gasteiger partial charge on any atom is 0.389 e. The molecule has 3 saturated carbocycles. The average molecular weight is 575 g/mol. The maximum absolute atomic E-state index is 13.8. The number of benzene rings is 1. The summed E-state index contributed by atoms with van der Waals surface area (Å²) < 4.78 is 68.4. The molecule has 7 nitrogen and oxygen atoms in total. The molecule has 210 valence electrons. The summed E-state index contributed by atoms with van der Waals surface area (Å²) in [4.78, 5) is 17.5. The van der Waals surface area contributed by atoms with E-state index in [1.807, 2.05) is 26.0 Å². The van der Waals surface area contributed by atoms with Crippen molar-refractivity contribution >= 4 is 33.4 Å². The van der Waals surface area contributed by atoms with Crippen molar-refractivity contribution in [1.82, 2.24) is 13.9 Å². The van der Waals surface area contributed by atoms with Crippen molar-refractivity contribution in [2.75, 3.05) is 13.1 Å². The number of Topliss-reactive ketones (excluding diaryl/α,β-unsaturated/α-hetero) is 1. The van der Waals surface area contributed by atoms with Crippen molar-refractivity contribution in [3.63, 3.8) is 0 Å². The smallest absolute Gasteiger partial charge is 0.366 e. The van der Waals surface area contributed by atoms with Gasteiger partial charge < -0.3 is 5.32 Å². The topological polar surface area (TPSA) is 82.1 Å². The molecule has 1 atom stereocenters. The molecule has 2 bridgehead atoms. The molecule has 1 aromatic rings. The van der Waals surface area contributed by atoms with Crippen LogP contribution < -0.4 is 5.32 Å². The molecule has 0 aromatic heterocycles. The lowest BCUT2D eigenvalue weighted by Gasteiger charge is -2.73. The zero-order valence-corrected chi connectivity index (χ0v) is 23.2. The summed E-state index contributed by atoms with van der Waals surface area (Å²) in [7, 11) is -3.68. The van der Waals surface area contributed by atoms with Gasteiger partial charge in [-0.2, -0.15) is 30.2 Å². The van der Waals surface area contributed by atoms with Crippen LogP contribution in [0, 0.1) is 5.41 Å². The van der Waals surface area contributed by atoms with Gasteiger partial charge in [0, 0.05) is 48.5 Å². The molecule has 38 heavy (non-hydrogen) atoms. The van der Waals surface area contributed by atoms with Crippen molar-refractivity contribution in [2.24, 2.45) is 10.4 Å². The number of nitrogens with one attached hydrogen (secondary N) is 1. The Hall–Kier alpha value is -1.69. The third-order valence-electron chi connectivity index (χ3n) is 8.51. The normalized spacial score (nSPS) is 30.5. The van der Waals surface area contributed by atoms with Crippen LogP contribution >= 0.6 is 11.6 Å². The summed E-state index contributed by atoms with van der Waals surface area (Å²) in [5.41, 5.74) is -0.711. The quantitative estimate of drug-likeness (QED) is 0.433. The first-order valence-corrected chi connectivity index (χ1v) is 14.9. The van der Waals surface area contributed by atoms with Crippen LogP contribution in [0.5, 0.6) is 0 Å². The summed E-state index contributed by atoms with van der Waals surface area (Å²) in [5.74, 6) is 0.382. The predicted octanol–water partition coefficient (Wildman–Crippen LogP) is 4.86. The van der Waals surface area contributed by atoms with E-state index in [1.165, 1.54) is 0 Å². The molecule has 2 aliphatic heterocycles. The second kappa shape index (κ2) is 9.45. The minimum Gasteiger partial charge on any atom is -0.366 e. The van der Waals surface area contributed by atoms with Gasteiger partial charge in [0.05, 0.1) is 5.54 Å². The van der Waals surface area contributed by atoms with E-state index in [0.717, 1.165) is 18.4 Å². The Morgan fingerprint density at radius 3 is 2.34 bits per heavy atom. The first kappa shape index (κ1) is 27.9. The Bertz CT molecular complexity index is 1210. The first-order chi connectivity index (χ1) is 17.7. The van der Waals surface area contributed by atoms with Gasteiger partial charge in [-0.3, -0.25) is 9.79 Å². The van der Waals surface area contributed by atoms with E-state index < -0.39 is 39.9 Å². The number of carbonyl (C=O) groups excluding carboxylic acids is 1. The molecule has 0 unspecified atom stereocenters. The van der Waals surface area contributed by atoms with Crippen LogP contribution in [0.1, 0.15) is 70.8 Å². The SMILES string of the molecule is CC1(C)NC(C23CC(N(Cc4ccc(Cl)cc4)S(=O)(=O)N4CCCC4)(C2)C3)=N[C@H]1C(=O)CCCC(F)(F)F. The van der Waals surface area contributed by atoms with Crippen LogP contribution in [-0.2, 0) is 21.5 Å². The van der Waals surface area contributed by atoms with Gasteiger partial charge in [0.15, 0.2) is 5.78 Å². The summed E-state index contributed by atoms with van der Waals surface area (Å²) in [6.07, 6.45) is -2.22. The summed E-state index contributed by atoms with van der Waals surface area (Å²) in [6, 6.07) is 6.44. The van der Waals surface area contributed by atoms with Crippen LogP contribution in [0.2, 0.25) is 5.02 Å². The number of halogens is 4. The standard InChI is InChI=1S/C26H34ClF3N4O3S/c1-23(2)21(20(35)6-5-11-26(28,29)30)31-22(32-23)24-15-25(16-24,17-24)34(14-18-7-9-19(27)10-8-18)38(36,37)33-12-3-4-13-33/h7-10,21H,3-6,11-17H2,1-2H3,(H,31,32)/t21-,24?,25?/m0/s1. The molecule has 12 heteroatoms. The Kier molecular flexibility index (Phi) is 6.93. The zero-order chi connectivity index (χ0) is 27.6. The monoisotopic (exact) mass is 574 g/mol. The second-order valence-electron chi connectivity index (χ2n) is 11.9. The highest BCUT2D eigenvalue weighted by Gasteiger charge is 2.75. The highest BCUT2D eigenvalue weighted by atomic mass is 35.5. The number of amidine groups is 1. The van der Waals surface area contributed by atoms with Gasteiger partial charge in [0.1, 0.15) is 11.9 Å². The number of rotatable bonds is 10. The van der Waals surface area contributed by atoms with Gasteiger partial charge in [0.25, 0.3) is 10.2 Å². The summed E-state index contributed by atoms with van der Waals surface area (Å²) >= 11 is 6.04. The summed E-state index contributed by atoms with van der Waals surface area (Å²) in [5, 5.41) is 3.95. The molecule has 2 heterocycles. The van der Waals surface area contributed by atoms with E-state index in [9.17, 15) is 26.4 Å². The van der Waals surface area contributed by atoms with Crippen LogP contribution in [-0.4, -0.2) is 65.0 Å². The number of aliphatic imine (C=N–C) groups is 1. The molecular formula is C26H34ClF3N4O3S. The van der Waals surface area contributed by atoms with E-state index in [-0.39, 0.29) is 30.6 Å². The van der Waals surface area contributed by atoms with E-state index in [2.05, 4.69) is 5.32 Å². The lowest BCUT2D eigenvalue weighted by atomic mass is 9.38. The third kappa shape index (κ3) is 4.99. The molecule has 4 fully saturated rings. The van der Waals surface area contributed by atoms with Crippen molar-refractivity contribution in [1.29, 1.82) is 0 Å². The lowest BCUT2D eigenvalue weighted by Crippen LogP contribution is -2.79. The minimum absolute atomic E-state index is 0.175. The Labute approximate surface area is 227 Å². The molecule has 3 aliphatic carbocycles. The van der Waals surface area contributed by atoms with Gasteiger partial charge in [-0.15, -0.1) is 0 Å². The number of carbonyl (C=O) groups is 1. The van der Waals surface area contributed by atoms with Crippen molar-refractivity contribution < 1.29 is 26.4 Å². The van der Waals surface area contributed by atoms with Gasteiger partial charge >= 0.3 is 6.18 Å². The van der Waals surface area contributed by atoms with Gasteiger partial charge in [-0.25, -0.2) is 0 Å². The van der Waals surface area contributed by atoms with Crippen LogP contribution in [0.4, 0.5) is 13.2 Å². The molecule has 0 amide bonds. The number of ketones is 1. The van der Waals surface area contributed by atoms with Crippen molar-refractivity contribution in [3.05, 3.63) is 34.9 Å². The zero-order valence-electron chi connectivity index (χ0n) is 21.7. The maximum atomic E-state index is 13.8. The number of hydrogen-bond acceptors (Lipinski definition) is 5. The fourth-order valence-electron chi connectivity index (χ4n) is 6.60. The molecule has 0 radical (unpaired) electrons. The van der Waals surface area contributed by atoms with Crippen LogP contribution in [0.25, 0.3) is 0 Å². The highest BCUT2D eigenvalue weighted by Crippen LogP contribution is 2.71.